The number of quaternary nitrogens is 1. The van der Waals surface area contributed by atoms with Gasteiger partial charge in [0.2, 0.25) is 0 Å². The van der Waals surface area contributed by atoms with E-state index in [0.717, 1.165) is 35.5 Å². The molecule has 1 spiro atoms. The van der Waals surface area contributed by atoms with Gasteiger partial charge >= 0.3 is 0 Å². The number of aliphatic hydroxyl groups is 1. The molecular weight excluding hydrogens is 278 g/mol. The summed E-state index contributed by atoms with van der Waals surface area (Å²) in [5.74, 6) is 1.70. The number of rotatable bonds is 1. The molecule has 118 valence electrons. The lowest BCUT2D eigenvalue weighted by Gasteiger charge is -2.36. The summed E-state index contributed by atoms with van der Waals surface area (Å²) in [6.07, 6.45) is 5.44. The molecule has 2 heterocycles. The Kier molecular flexibility index (Phi) is 2.88. The molecule has 0 fully saturated rings. The number of hydrogen-bond acceptors (Lipinski definition) is 3. The molecule has 2 aliphatic heterocycles. The summed E-state index contributed by atoms with van der Waals surface area (Å²) in [5.41, 5.74) is 2.54. The largest absolute Gasteiger partial charge is 0.493 e. The van der Waals surface area contributed by atoms with E-state index in [2.05, 4.69) is 26.2 Å². The van der Waals surface area contributed by atoms with E-state index in [9.17, 15) is 5.11 Å². The predicted molar refractivity (Wildman–Crippen MR) is 84.1 cm³/mol. The van der Waals surface area contributed by atoms with Gasteiger partial charge in [-0.25, -0.2) is 0 Å². The van der Waals surface area contributed by atoms with E-state index in [4.69, 9.17) is 9.47 Å². The Morgan fingerprint density at radius 2 is 2.18 bits per heavy atom. The number of methoxy groups -OCH3 is 1. The summed E-state index contributed by atoms with van der Waals surface area (Å²) in [6, 6.07) is 4.21. The minimum Gasteiger partial charge on any atom is -0.493 e. The summed E-state index contributed by atoms with van der Waals surface area (Å²) in [4.78, 5) is 0. The number of hydrogen-bond donors (Lipinski definition) is 1. The van der Waals surface area contributed by atoms with Gasteiger partial charge in [-0.05, 0) is 12.1 Å². The monoisotopic (exact) mass is 302 g/mol. The van der Waals surface area contributed by atoms with Crippen LogP contribution < -0.4 is 9.47 Å². The second-order valence-corrected chi connectivity index (χ2v) is 7.51. The van der Waals surface area contributed by atoms with Gasteiger partial charge in [0.1, 0.15) is 12.6 Å². The maximum atomic E-state index is 10.0. The van der Waals surface area contributed by atoms with Gasteiger partial charge in [0.05, 0.1) is 39.3 Å². The number of benzene rings is 1. The highest BCUT2D eigenvalue weighted by atomic mass is 16.5. The third kappa shape index (κ3) is 1.83. The van der Waals surface area contributed by atoms with Gasteiger partial charge in [0.15, 0.2) is 11.5 Å². The third-order valence-corrected chi connectivity index (χ3v) is 5.53. The zero-order chi connectivity index (χ0) is 15.5. The number of ether oxygens (including phenoxy) is 2. The highest BCUT2D eigenvalue weighted by Crippen LogP contribution is 2.56. The lowest BCUT2D eigenvalue weighted by Crippen LogP contribution is -2.45. The topological polar surface area (TPSA) is 38.7 Å². The van der Waals surface area contributed by atoms with Crippen LogP contribution in [0.4, 0.5) is 0 Å². The van der Waals surface area contributed by atoms with E-state index < -0.39 is 6.10 Å². The molecule has 3 aliphatic rings. The highest BCUT2D eigenvalue weighted by molar-refractivity contribution is 5.60. The zero-order valence-electron chi connectivity index (χ0n) is 13.5. The highest BCUT2D eigenvalue weighted by Gasteiger charge is 2.54. The molecule has 3 atom stereocenters. The molecule has 0 radical (unpaired) electrons. The van der Waals surface area contributed by atoms with Crippen LogP contribution in [0.1, 0.15) is 24.0 Å². The van der Waals surface area contributed by atoms with Gasteiger partial charge in [-0.2, -0.15) is 0 Å². The number of nitrogens with zero attached hydrogens (tertiary/aromatic N) is 1. The van der Waals surface area contributed by atoms with Crippen molar-refractivity contribution < 1.29 is 19.1 Å². The van der Waals surface area contributed by atoms with Crippen molar-refractivity contribution in [2.75, 3.05) is 27.7 Å². The van der Waals surface area contributed by atoms with Crippen molar-refractivity contribution in [2.24, 2.45) is 0 Å². The first-order valence-corrected chi connectivity index (χ1v) is 8.02. The van der Waals surface area contributed by atoms with Gasteiger partial charge in [0, 0.05) is 24.0 Å². The Labute approximate surface area is 131 Å². The van der Waals surface area contributed by atoms with Gasteiger partial charge in [0.25, 0.3) is 0 Å². The molecule has 1 N–H and O–H groups in total. The molecule has 22 heavy (non-hydrogen) atoms. The molecule has 0 aromatic heterocycles. The minimum atomic E-state index is -0.412. The fourth-order valence-corrected chi connectivity index (χ4v) is 4.36. The maximum Gasteiger partial charge on any atom is 0.166 e. The molecule has 1 aromatic rings. The first-order valence-electron chi connectivity index (χ1n) is 8.02. The van der Waals surface area contributed by atoms with E-state index in [1.54, 1.807) is 7.11 Å². The van der Waals surface area contributed by atoms with Crippen LogP contribution in [-0.4, -0.2) is 49.5 Å². The van der Waals surface area contributed by atoms with Crippen LogP contribution in [0.5, 0.6) is 11.5 Å². The van der Waals surface area contributed by atoms with Crippen LogP contribution in [0.3, 0.4) is 0 Å². The summed E-state index contributed by atoms with van der Waals surface area (Å²) in [7, 11) is 6.26. The predicted octanol–water partition coefficient (Wildman–Crippen LogP) is 1.99. The van der Waals surface area contributed by atoms with Crippen LogP contribution >= 0.6 is 0 Å². The van der Waals surface area contributed by atoms with E-state index >= 15 is 0 Å². The molecular formula is C18H24NO3+. The van der Waals surface area contributed by atoms with Gasteiger partial charge in [-0.1, -0.05) is 12.2 Å². The van der Waals surface area contributed by atoms with Crippen molar-refractivity contribution >= 4 is 0 Å². The van der Waals surface area contributed by atoms with Gasteiger partial charge in [-0.15, -0.1) is 0 Å². The quantitative estimate of drug-likeness (QED) is 0.637. The Hall–Kier alpha value is -1.52. The Morgan fingerprint density at radius 1 is 1.36 bits per heavy atom. The van der Waals surface area contributed by atoms with Gasteiger partial charge < -0.3 is 19.1 Å². The van der Waals surface area contributed by atoms with E-state index in [1.807, 2.05) is 12.1 Å². The standard InChI is InChI=1S/C18H24NO3/c1-19(2)9-8-18-7-6-13(20)10-15(18)22-17-14(21-3)5-4-12(11-19)16(17)18/h4-7,13,15,20H,8-11H2,1-3H3/q+1/t13-,15-,18-/m0/s1. The Morgan fingerprint density at radius 3 is 2.95 bits per heavy atom. The van der Waals surface area contributed by atoms with Crippen LogP contribution in [0.25, 0.3) is 0 Å². The normalized spacial score (nSPS) is 34.4. The van der Waals surface area contributed by atoms with Crippen LogP contribution in [0.2, 0.25) is 0 Å². The van der Waals surface area contributed by atoms with Crippen LogP contribution in [-0.2, 0) is 12.0 Å². The van der Waals surface area contributed by atoms with Crippen molar-refractivity contribution in [1.29, 1.82) is 0 Å². The average molecular weight is 302 g/mol. The zero-order valence-corrected chi connectivity index (χ0v) is 13.5. The lowest BCUT2D eigenvalue weighted by atomic mass is 9.69. The SMILES string of the molecule is COc1ccc2c3c1O[C@H]1C[C@@H](O)C=C[C@@]31CC[N+](C)(C)C2. The molecule has 4 heteroatoms. The van der Waals surface area contributed by atoms with Crippen molar-refractivity contribution in [3.05, 3.63) is 35.4 Å². The minimum absolute atomic E-state index is 0.00986. The Balaban J connectivity index is 1.96. The van der Waals surface area contributed by atoms with Crippen molar-refractivity contribution in [1.82, 2.24) is 0 Å². The smallest absolute Gasteiger partial charge is 0.166 e. The van der Waals surface area contributed by atoms with Crippen LogP contribution in [0, 0.1) is 0 Å². The molecule has 0 unspecified atom stereocenters. The van der Waals surface area contributed by atoms with E-state index in [0.29, 0.717) is 6.42 Å². The first kappa shape index (κ1) is 14.1. The van der Waals surface area contributed by atoms with E-state index in [1.165, 1.54) is 11.1 Å². The molecule has 4 nitrogen and oxygen atoms in total. The third-order valence-electron chi connectivity index (χ3n) is 5.53. The van der Waals surface area contributed by atoms with Gasteiger partial charge in [-0.3, -0.25) is 0 Å². The summed E-state index contributed by atoms with van der Waals surface area (Å²) in [6.45, 7) is 2.09. The lowest BCUT2D eigenvalue weighted by molar-refractivity contribution is -0.903. The summed E-state index contributed by atoms with van der Waals surface area (Å²) >= 11 is 0. The Bertz CT molecular complexity index is 652. The first-order chi connectivity index (χ1) is 10.5. The van der Waals surface area contributed by atoms with Crippen LogP contribution in [0.15, 0.2) is 24.3 Å². The van der Waals surface area contributed by atoms with E-state index in [-0.39, 0.29) is 11.5 Å². The molecule has 0 bridgehead atoms. The second-order valence-electron chi connectivity index (χ2n) is 7.51. The second kappa shape index (κ2) is 4.49. The molecule has 1 aliphatic carbocycles. The fourth-order valence-electron chi connectivity index (χ4n) is 4.36. The molecule has 0 amide bonds. The molecule has 4 rings (SSSR count). The molecule has 0 saturated heterocycles. The fraction of sp³-hybridized carbons (Fsp3) is 0.556. The maximum absolute atomic E-state index is 10.0. The van der Waals surface area contributed by atoms with Crippen molar-refractivity contribution in [3.63, 3.8) is 0 Å². The molecule has 1 aromatic carbocycles. The summed E-state index contributed by atoms with van der Waals surface area (Å²) < 4.78 is 12.8. The average Bonchev–Trinajstić information content (AvgIpc) is 2.74. The summed E-state index contributed by atoms with van der Waals surface area (Å²) in [5, 5.41) is 10.0. The molecule has 0 saturated carbocycles. The van der Waals surface area contributed by atoms with Crippen molar-refractivity contribution in [2.45, 2.75) is 37.0 Å². The number of aliphatic hydroxyl groups excluding tert-OH is 1. The van der Waals surface area contributed by atoms with Crippen molar-refractivity contribution in [3.8, 4) is 11.5 Å².